The van der Waals surface area contributed by atoms with Crippen LogP contribution in [-0.4, -0.2) is 12.1 Å². The number of fused-ring (bicyclic) bond motifs is 1. The van der Waals surface area contributed by atoms with Gasteiger partial charge in [0.05, 0.1) is 0 Å². The lowest BCUT2D eigenvalue weighted by atomic mass is 9.68. The fraction of sp³-hybridized carbons (Fsp3) is 0.722. The number of ether oxygens (including phenoxy) is 1. The minimum atomic E-state index is 0.0103. The molecule has 1 saturated heterocycles. The molecule has 0 bridgehead atoms. The van der Waals surface area contributed by atoms with Crippen LogP contribution in [0.25, 0.3) is 0 Å². The lowest BCUT2D eigenvalue weighted by Crippen LogP contribution is -2.30. The number of rotatable bonds is 3. The lowest BCUT2D eigenvalue weighted by molar-refractivity contribution is -0.154. The third-order valence-electron chi connectivity index (χ3n) is 5.34. The zero-order valence-electron chi connectivity index (χ0n) is 12.5. The van der Waals surface area contributed by atoms with Gasteiger partial charge in [0.1, 0.15) is 6.10 Å². The molecule has 1 aliphatic heterocycles. The van der Waals surface area contributed by atoms with E-state index in [9.17, 15) is 4.79 Å². The molecule has 1 unspecified atom stereocenters. The van der Waals surface area contributed by atoms with Gasteiger partial charge in [0.25, 0.3) is 0 Å². The highest BCUT2D eigenvalue weighted by atomic mass is 16.5. The second-order valence-electron chi connectivity index (χ2n) is 6.71. The Kier molecular flexibility index (Phi) is 4.28. The molecule has 1 fully saturated rings. The Balaban J connectivity index is 1.61. The van der Waals surface area contributed by atoms with Crippen molar-refractivity contribution in [3.63, 3.8) is 0 Å². The predicted molar refractivity (Wildman–Crippen MR) is 80.2 cm³/mol. The lowest BCUT2D eigenvalue weighted by Gasteiger charge is -2.38. The number of carbonyl (C=O) groups excluding carboxylic acids is 1. The van der Waals surface area contributed by atoms with Crippen molar-refractivity contribution in [1.82, 2.24) is 0 Å². The molecule has 0 radical (unpaired) electrons. The summed E-state index contributed by atoms with van der Waals surface area (Å²) in [6.07, 6.45) is 16.2. The van der Waals surface area contributed by atoms with Gasteiger partial charge in [-0.2, -0.15) is 0 Å². The van der Waals surface area contributed by atoms with Crippen LogP contribution in [0.3, 0.4) is 0 Å². The molecule has 0 aromatic heterocycles. The normalized spacial score (nSPS) is 37.0. The van der Waals surface area contributed by atoms with E-state index < -0.39 is 0 Å². The van der Waals surface area contributed by atoms with Crippen molar-refractivity contribution in [2.24, 2.45) is 17.8 Å². The van der Waals surface area contributed by atoms with Crippen molar-refractivity contribution in [3.05, 3.63) is 23.8 Å². The Morgan fingerprint density at radius 1 is 1.25 bits per heavy atom. The highest BCUT2D eigenvalue weighted by Crippen LogP contribution is 2.42. The molecule has 20 heavy (non-hydrogen) atoms. The van der Waals surface area contributed by atoms with E-state index in [1.54, 1.807) is 5.57 Å². The van der Waals surface area contributed by atoms with Gasteiger partial charge in [-0.25, -0.2) is 0 Å². The van der Waals surface area contributed by atoms with Crippen molar-refractivity contribution >= 4 is 5.97 Å². The van der Waals surface area contributed by atoms with E-state index in [1.165, 1.54) is 25.7 Å². The number of allylic oxidation sites excluding steroid dienone is 4. The van der Waals surface area contributed by atoms with Crippen LogP contribution in [0.4, 0.5) is 0 Å². The largest absolute Gasteiger partial charge is 0.462 e. The Labute approximate surface area is 122 Å². The number of cyclic esters (lactones) is 1. The Bertz CT molecular complexity index is 421. The molecule has 2 nitrogen and oxygen atoms in total. The van der Waals surface area contributed by atoms with E-state index in [0.717, 1.165) is 31.1 Å². The maximum absolute atomic E-state index is 11.4. The van der Waals surface area contributed by atoms with Crippen molar-refractivity contribution in [2.75, 3.05) is 0 Å². The predicted octanol–water partition coefficient (Wildman–Crippen LogP) is 4.41. The molecule has 0 saturated carbocycles. The highest BCUT2D eigenvalue weighted by molar-refractivity contribution is 5.70. The standard InChI is InChI=1S/C18H26O2/c1-13-9-10-14-5-2-3-7-17(14)16(13)12-11-15-6-4-8-18(19)20-15/h5,9-10,13,15-17H,2-4,6-8,11-12H2,1H3/t13-,15-,16-,17?/m0/s1. The minimum absolute atomic E-state index is 0.0103. The summed E-state index contributed by atoms with van der Waals surface area (Å²) in [4.78, 5) is 11.4. The van der Waals surface area contributed by atoms with Gasteiger partial charge < -0.3 is 4.74 Å². The summed E-state index contributed by atoms with van der Waals surface area (Å²) in [6.45, 7) is 2.35. The van der Waals surface area contributed by atoms with Crippen LogP contribution in [0.15, 0.2) is 23.8 Å². The molecular formula is C18H26O2. The van der Waals surface area contributed by atoms with Crippen molar-refractivity contribution in [2.45, 2.75) is 64.4 Å². The number of hydrogen-bond acceptors (Lipinski definition) is 2. The molecule has 3 rings (SSSR count). The molecule has 1 heterocycles. The van der Waals surface area contributed by atoms with Crippen LogP contribution in [0.2, 0.25) is 0 Å². The molecule has 0 N–H and O–H groups in total. The second kappa shape index (κ2) is 6.15. The first-order valence-corrected chi connectivity index (χ1v) is 8.32. The Hall–Kier alpha value is -1.05. The van der Waals surface area contributed by atoms with Gasteiger partial charge in [0, 0.05) is 6.42 Å². The van der Waals surface area contributed by atoms with Crippen molar-refractivity contribution in [1.29, 1.82) is 0 Å². The van der Waals surface area contributed by atoms with Gasteiger partial charge in [-0.15, -0.1) is 0 Å². The number of esters is 1. The third-order valence-corrected chi connectivity index (χ3v) is 5.34. The topological polar surface area (TPSA) is 26.3 Å². The Morgan fingerprint density at radius 2 is 2.15 bits per heavy atom. The molecule has 110 valence electrons. The van der Waals surface area contributed by atoms with Crippen molar-refractivity contribution in [3.8, 4) is 0 Å². The van der Waals surface area contributed by atoms with Gasteiger partial charge in [-0.05, 0) is 68.3 Å². The van der Waals surface area contributed by atoms with E-state index in [1.807, 2.05) is 0 Å². The van der Waals surface area contributed by atoms with E-state index in [4.69, 9.17) is 4.74 Å². The number of carbonyl (C=O) groups is 1. The highest BCUT2D eigenvalue weighted by Gasteiger charge is 2.32. The molecule has 4 atom stereocenters. The molecule has 0 aromatic carbocycles. The summed E-state index contributed by atoms with van der Waals surface area (Å²) in [7, 11) is 0. The van der Waals surface area contributed by atoms with Gasteiger partial charge in [0.15, 0.2) is 0 Å². The molecule has 0 aromatic rings. The maximum atomic E-state index is 11.4. The molecular weight excluding hydrogens is 248 g/mol. The van der Waals surface area contributed by atoms with Gasteiger partial charge in [-0.1, -0.05) is 25.2 Å². The average molecular weight is 274 g/mol. The molecule has 2 heteroatoms. The summed E-state index contributed by atoms with van der Waals surface area (Å²) >= 11 is 0. The average Bonchev–Trinajstić information content (AvgIpc) is 2.46. The van der Waals surface area contributed by atoms with E-state index >= 15 is 0 Å². The fourth-order valence-electron chi connectivity index (χ4n) is 4.17. The summed E-state index contributed by atoms with van der Waals surface area (Å²) in [5, 5.41) is 0. The van der Waals surface area contributed by atoms with Crippen LogP contribution in [0, 0.1) is 17.8 Å². The monoisotopic (exact) mass is 274 g/mol. The summed E-state index contributed by atoms with van der Waals surface area (Å²) < 4.78 is 5.48. The SMILES string of the molecule is C[C@H]1C=CC2=CCCCC2[C@H]1CC[C@@H]1CCCC(=O)O1. The van der Waals surface area contributed by atoms with Gasteiger partial charge in [0.2, 0.25) is 0 Å². The fourth-order valence-corrected chi connectivity index (χ4v) is 4.17. The van der Waals surface area contributed by atoms with Gasteiger partial charge in [-0.3, -0.25) is 4.79 Å². The molecule has 0 amide bonds. The molecule has 3 aliphatic rings. The van der Waals surface area contributed by atoms with Gasteiger partial charge >= 0.3 is 5.97 Å². The van der Waals surface area contributed by atoms with E-state index in [0.29, 0.717) is 12.3 Å². The second-order valence-corrected chi connectivity index (χ2v) is 6.71. The molecule has 2 aliphatic carbocycles. The first-order chi connectivity index (χ1) is 9.74. The van der Waals surface area contributed by atoms with Crippen LogP contribution in [0.5, 0.6) is 0 Å². The van der Waals surface area contributed by atoms with E-state index in [-0.39, 0.29) is 12.1 Å². The van der Waals surface area contributed by atoms with E-state index in [2.05, 4.69) is 25.2 Å². The minimum Gasteiger partial charge on any atom is -0.462 e. The first-order valence-electron chi connectivity index (χ1n) is 8.32. The zero-order chi connectivity index (χ0) is 13.9. The quantitative estimate of drug-likeness (QED) is 0.712. The number of hydrogen-bond donors (Lipinski definition) is 0. The Morgan fingerprint density at radius 3 is 3.00 bits per heavy atom. The maximum Gasteiger partial charge on any atom is 0.306 e. The van der Waals surface area contributed by atoms with Crippen LogP contribution >= 0.6 is 0 Å². The molecule has 0 spiro atoms. The summed E-state index contributed by atoms with van der Waals surface area (Å²) in [5.41, 5.74) is 1.57. The van der Waals surface area contributed by atoms with Crippen molar-refractivity contribution < 1.29 is 9.53 Å². The van der Waals surface area contributed by atoms with Crippen LogP contribution in [-0.2, 0) is 9.53 Å². The van der Waals surface area contributed by atoms with Crippen LogP contribution in [0.1, 0.15) is 58.3 Å². The third kappa shape index (κ3) is 2.99. The zero-order valence-corrected chi connectivity index (χ0v) is 12.5. The van der Waals surface area contributed by atoms with Crippen LogP contribution < -0.4 is 0 Å². The summed E-state index contributed by atoms with van der Waals surface area (Å²) in [6, 6.07) is 0. The first kappa shape index (κ1) is 13.9. The summed E-state index contributed by atoms with van der Waals surface area (Å²) in [5.74, 6) is 2.17. The smallest absolute Gasteiger partial charge is 0.306 e.